The Labute approximate surface area is 104 Å². The fraction of sp³-hybridized carbons (Fsp3) is 0.750. The number of nitrogens with one attached hydrogen (secondary N) is 1. The van der Waals surface area contributed by atoms with Crippen molar-refractivity contribution in [1.82, 2.24) is 10.2 Å². The van der Waals surface area contributed by atoms with E-state index in [0.717, 1.165) is 12.6 Å². The van der Waals surface area contributed by atoms with Gasteiger partial charge in [-0.05, 0) is 31.7 Å². The van der Waals surface area contributed by atoms with Gasteiger partial charge in [-0.15, -0.1) is 0 Å². The molecule has 1 heterocycles. The second-order valence-corrected chi connectivity index (χ2v) is 4.89. The summed E-state index contributed by atoms with van der Waals surface area (Å²) in [6, 6.07) is 0. The van der Waals surface area contributed by atoms with Crippen molar-refractivity contribution in [2.45, 2.75) is 25.4 Å². The van der Waals surface area contributed by atoms with Gasteiger partial charge in [0.25, 0.3) is 0 Å². The third-order valence-corrected chi connectivity index (χ3v) is 3.33. The zero-order chi connectivity index (χ0) is 13.2. The molecule has 18 heavy (non-hydrogen) atoms. The lowest BCUT2D eigenvalue weighted by Gasteiger charge is -2.27. The molecule has 1 aliphatic carbocycles. The molecular weight excluding hydrogens is 245 g/mol. The van der Waals surface area contributed by atoms with E-state index in [-0.39, 0.29) is 32.0 Å². The summed E-state index contributed by atoms with van der Waals surface area (Å²) in [5.74, 6) is 0.573. The van der Waals surface area contributed by atoms with Crippen LogP contribution in [-0.2, 0) is 4.79 Å². The molecule has 0 saturated heterocycles. The molecule has 1 fully saturated rings. The van der Waals surface area contributed by atoms with Crippen LogP contribution in [0.15, 0.2) is 11.6 Å². The number of halogens is 3. The number of rotatable bonds is 4. The number of alkyl halides is 3. The van der Waals surface area contributed by atoms with Gasteiger partial charge in [-0.1, -0.05) is 6.08 Å². The van der Waals surface area contributed by atoms with Crippen LogP contribution in [0.5, 0.6) is 0 Å². The highest BCUT2D eigenvalue weighted by Crippen LogP contribution is 2.30. The highest BCUT2D eigenvalue weighted by molar-refractivity contribution is 5.78. The number of nitrogens with zero attached hydrogens (tertiary/aromatic N) is 1. The van der Waals surface area contributed by atoms with Crippen molar-refractivity contribution in [2.75, 3.05) is 26.2 Å². The lowest BCUT2D eigenvalue weighted by atomic mass is 10.1. The molecule has 1 amide bonds. The lowest BCUT2D eigenvalue weighted by molar-refractivity contribution is -0.131. The molecule has 2 aliphatic rings. The largest absolute Gasteiger partial charge is 0.412 e. The standard InChI is InChI=1S/C12H17F3N2O/c13-12(14,15)10-3-5-17(6-4-10)11(18)8-16-7-9-1-2-9/h3,9,16H,1-2,4-8H2. The predicted molar refractivity (Wildman–Crippen MR) is 60.9 cm³/mol. The van der Waals surface area contributed by atoms with Crippen molar-refractivity contribution >= 4 is 5.91 Å². The molecule has 0 spiro atoms. The molecule has 0 aromatic carbocycles. The first kappa shape index (κ1) is 13.4. The SMILES string of the molecule is O=C(CNCC1CC1)N1CC=C(C(F)(F)F)CC1. The van der Waals surface area contributed by atoms with Crippen LogP contribution in [0.25, 0.3) is 0 Å². The van der Waals surface area contributed by atoms with E-state index < -0.39 is 11.7 Å². The first-order chi connectivity index (χ1) is 8.47. The molecular formula is C12H17F3N2O. The highest BCUT2D eigenvalue weighted by atomic mass is 19.4. The van der Waals surface area contributed by atoms with Gasteiger partial charge in [0.15, 0.2) is 0 Å². The van der Waals surface area contributed by atoms with Gasteiger partial charge in [0.2, 0.25) is 5.91 Å². The lowest BCUT2D eigenvalue weighted by Crippen LogP contribution is -2.41. The van der Waals surface area contributed by atoms with E-state index in [4.69, 9.17) is 0 Å². The molecule has 2 rings (SSSR count). The smallest absolute Gasteiger partial charge is 0.338 e. The Morgan fingerprint density at radius 1 is 1.44 bits per heavy atom. The maximum Gasteiger partial charge on any atom is 0.412 e. The summed E-state index contributed by atoms with van der Waals surface area (Å²) < 4.78 is 37.2. The molecule has 0 radical (unpaired) electrons. The molecule has 1 N–H and O–H groups in total. The van der Waals surface area contributed by atoms with Crippen molar-refractivity contribution in [3.05, 3.63) is 11.6 Å². The predicted octanol–water partition coefficient (Wildman–Crippen LogP) is 1.71. The van der Waals surface area contributed by atoms with Crippen LogP contribution in [0, 0.1) is 5.92 Å². The zero-order valence-electron chi connectivity index (χ0n) is 10.1. The molecule has 0 atom stereocenters. The number of amides is 1. The molecule has 0 unspecified atom stereocenters. The minimum absolute atomic E-state index is 0.0682. The fourth-order valence-corrected chi connectivity index (χ4v) is 1.97. The highest BCUT2D eigenvalue weighted by Gasteiger charge is 2.35. The van der Waals surface area contributed by atoms with Crippen molar-refractivity contribution < 1.29 is 18.0 Å². The average Bonchev–Trinajstić information content (AvgIpc) is 3.12. The normalized spacial score (nSPS) is 20.8. The first-order valence-corrected chi connectivity index (χ1v) is 6.21. The fourth-order valence-electron chi connectivity index (χ4n) is 1.97. The number of hydrogen-bond donors (Lipinski definition) is 1. The van der Waals surface area contributed by atoms with Crippen LogP contribution in [0.1, 0.15) is 19.3 Å². The third-order valence-electron chi connectivity index (χ3n) is 3.33. The number of carbonyl (C=O) groups excluding carboxylic acids is 1. The summed E-state index contributed by atoms with van der Waals surface area (Å²) in [4.78, 5) is 13.2. The van der Waals surface area contributed by atoms with Crippen molar-refractivity contribution in [2.24, 2.45) is 5.92 Å². The van der Waals surface area contributed by atoms with E-state index in [1.165, 1.54) is 17.7 Å². The van der Waals surface area contributed by atoms with Crippen molar-refractivity contribution in [1.29, 1.82) is 0 Å². The molecule has 0 aromatic heterocycles. The molecule has 0 bridgehead atoms. The maximum absolute atomic E-state index is 12.4. The van der Waals surface area contributed by atoms with E-state index >= 15 is 0 Å². The summed E-state index contributed by atoms with van der Waals surface area (Å²) >= 11 is 0. The van der Waals surface area contributed by atoms with Crippen LogP contribution in [0.2, 0.25) is 0 Å². The molecule has 1 saturated carbocycles. The van der Waals surface area contributed by atoms with Gasteiger partial charge in [-0.2, -0.15) is 13.2 Å². The van der Waals surface area contributed by atoms with Crippen molar-refractivity contribution in [3.8, 4) is 0 Å². The third kappa shape index (κ3) is 3.73. The minimum Gasteiger partial charge on any atom is -0.338 e. The molecule has 1 aliphatic heterocycles. The Hall–Kier alpha value is -1.04. The van der Waals surface area contributed by atoms with Crippen LogP contribution in [-0.4, -0.2) is 43.2 Å². The van der Waals surface area contributed by atoms with Crippen LogP contribution in [0.4, 0.5) is 13.2 Å². The first-order valence-electron chi connectivity index (χ1n) is 6.21. The van der Waals surface area contributed by atoms with E-state index in [0.29, 0.717) is 5.92 Å². The van der Waals surface area contributed by atoms with E-state index in [2.05, 4.69) is 5.32 Å². The van der Waals surface area contributed by atoms with E-state index in [9.17, 15) is 18.0 Å². The van der Waals surface area contributed by atoms with Gasteiger partial charge in [0.1, 0.15) is 0 Å². The Morgan fingerprint density at radius 2 is 2.17 bits per heavy atom. The summed E-state index contributed by atoms with van der Waals surface area (Å²) in [5, 5.41) is 3.05. The van der Waals surface area contributed by atoms with Crippen LogP contribution < -0.4 is 5.32 Å². The monoisotopic (exact) mass is 262 g/mol. The van der Waals surface area contributed by atoms with Gasteiger partial charge >= 0.3 is 6.18 Å². The van der Waals surface area contributed by atoms with E-state index in [1.807, 2.05) is 0 Å². The Kier molecular flexibility index (Phi) is 3.94. The number of hydrogen-bond acceptors (Lipinski definition) is 2. The summed E-state index contributed by atoms with van der Waals surface area (Å²) in [7, 11) is 0. The molecule has 6 heteroatoms. The van der Waals surface area contributed by atoms with Crippen molar-refractivity contribution in [3.63, 3.8) is 0 Å². The second-order valence-electron chi connectivity index (χ2n) is 4.89. The van der Waals surface area contributed by atoms with Gasteiger partial charge < -0.3 is 10.2 Å². The Balaban J connectivity index is 1.74. The summed E-state index contributed by atoms with van der Waals surface area (Å²) in [5.41, 5.74) is -0.516. The quantitative estimate of drug-likeness (QED) is 0.782. The van der Waals surface area contributed by atoms with E-state index in [1.54, 1.807) is 0 Å². The molecule has 102 valence electrons. The van der Waals surface area contributed by atoms with Gasteiger partial charge in [-0.25, -0.2) is 0 Å². The minimum atomic E-state index is -4.25. The maximum atomic E-state index is 12.4. The topological polar surface area (TPSA) is 32.3 Å². The summed E-state index contributed by atoms with van der Waals surface area (Å²) in [6.45, 7) is 1.29. The van der Waals surface area contributed by atoms with Gasteiger partial charge in [-0.3, -0.25) is 4.79 Å². The van der Waals surface area contributed by atoms with Gasteiger partial charge in [0, 0.05) is 18.7 Å². The van der Waals surface area contributed by atoms with Crippen LogP contribution in [0.3, 0.4) is 0 Å². The Bertz CT molecular complexity index is 348. The number of carbonyl (C=O) groups is 1. The molecule has 0 aromatic rings. The zero-order valence-corrected chi connectivity index (χ0v) is 10.1. The Morgan fingerprint density at radius 3 is 2.67 bits per heavy atom. The molecule has 3 nitrogen and oxygen atoms in total. The van der Waals surface area contributed by atoms with Gasteiger partial charge in [0.05, 0.1) is 6.54 Å². The average molecular weight is 262 g/mol. The summed E-state index contributed by atoms with van der Waals surface area (Å²) in [6.07, 6.45) is -0.815. The second kappa shape index (κ2) is 5.30. The van der Waals surface area contributed by atoms with Crippen LogP contribution >= 0.6 is 0 Å².